The van der Waals surface area contributed by atoms with Gasteiger partial charge in [-0.15, -0.1) is 0 Å². The summed E-state index contributed by atoms with van der Waals surface area (Å²) in [7, 11) is 4.60. The Morgan fingerprint density at radius 3 is 2.30 bits per heavy atom. The number of nitrogens with zero attached hydrogens (tertiary/aromatic N) is 1. The van der Waals surface area contributed by atoms with E-state index in [2.05, 4.69) is 15.8 Å². The third-order valence-electron chi connectivity index (χ3n) is 3.41. The summed E-state index contributed by atoms with van der Waals surface area (Å²) in [5, 5.41) is 6.51. The highest BCUT2D eigenvalue weighted by Gasteiger charge is 2.20. The fraction of sp³-hybridized carbons (Fsp3) is 0.400. The van der Waals surface area contributed by atoms with E-state index in [1.54, 1.807) is 19.2 Å². The quantitative estimate of drug-likeness (QED) is 0.799. The predicted octanol–water partition coefficient (Wildman–Crippen LogP) is 0.595. The van der Waals surface area contributed by atoms with E-state index in [9.17, 15) is 9.59 Å². The van der Waals surface area contributed by atoms with E-state index >= 15 is 0 Å². The number of rotatable bonds is 6. The third-order valence-corrected chi connectivity index (χ3v) is 3.41. The lowest BCUT2D eigenvalue weighted by Gasteiger charge is -2.16. The van der Waals surface area contributed by atoms with E-state index in [0.717, 1.165) is 0 Å². The number of carbonyl (C=O) groups is 2. The number of carbonyl (C=O) groups excluding carboxylic acids is 2. The van der Waals surface area contributed by atoms with E-state index in [-0.39, 0.29) is 30.5 Å². The van der Waals surface area contributed by atoms with Crippen LogP contribution >= 0.6 is 0 Å². The summed E-state index contributed by atoms with van der Waals surface area (Å²) in [5.41, 5.74) is 3.27. The third kappa shape index (κ3) is 3.91. The molecule has 23 heavy (non-hydrogen) atoms. The number of amides is 2. The molecule has 1 aromatic carbocycles. The topological polar surface area (TPSA) is 98.3 Å². The Labute approximate surface area is 133 Å². The largest absolute Gasteiger partial charge is 0.496 e. The zero-order chi connectivity index (χ0) is 16.8. The summed E-state index contributed by atoms with van der Waals surface area (Å²) < 4.78 is 15.8. The lowest BCUT2D eigenvalue weighted by Crippen LogP contribution is -2.36. The standard InChI is InChI=1S/C15H19N3O5/c1-21-9-6-12(22-2)10(13(7-9)23-3)8-16-15(20)11-4-5-14(19)18-17-11/h6-7H,4-5,8H2,1-3H3,(H,16,20)(H,18,19). The highest BCUT2D eigenvalue weighted by molar-refractivity contribution is 6.39. The minimum absolute atomic E-state index is 0.194. The number of hydrogen-bond acceptors (Lipinski definition) is 6. The van der Waals surface area contributed by atoms with Crippen LogP contribution in [-0.2, 0) is 16.1 Å². The first kappa shape index (κ1) is 16.6. The van der Waals surface area contributed by atoms with Crippen LogP contribution < -0.4 is 25.0 Å². The van der Waals surface area contributed by atoms with Crippen LogP contribution in [0.15, 0.2) is 17.2 Å². The number of hydrogen-bond donors (Lipinski definition) is 2. The van der Waals surface area contributed by atoms with Crippen molar-refractivity contribution in [3.8, 4) is 17.2 Å². The molecule has 0 aromatic heterocycles. The fourth-order valence-corrected chi connectivity index (χ4v) is 2.16. The van der Waals surface area contributed by atoms with Crippen LogP contribution in [-0.4, -0.2) is 38.9 Å². The molecule has 0 atom stereocenters. The van der Waals surface area contributed by atoms with Crippen molar-refractivity contribution in [2.24, 2.45) is 5.10 Å². The van der Waals surface area contributed by atoms with E-state index in [0.29, 0.717) is 29.2 Å². The fourth-order valence-electron chi connectivity index (χ4n) is 2.16. The van der Waals surface area contributed by atoms with Crippen molar-refractivity contribution in [1.29, 1.82) is 0 Å². The molecule has 0 saturated carbocycles. The Balaban J connectivity index is 2.13. The van der Waals surface area contributed by atoms with Crippen LogP contribution in [0.3, 0.4) is 0 Å². The maximum atomic E-state index is 12.1. The first-order valence-electron chi connectivity index (χ1n) is 7.01. The van der Waals surface area contributed by atoms with Gasteiger partial charge in [0.05, 0.1) is 33.4 Å². The molecule has 0 saturated heterocycles. The van der Waals surface area contributed by atoms with Gasteiger partial charge in [-0.05, 0) is 0 Å². The average molecular weight is 321 g/mol. The minimum Gasteiger partial charge on any atom is -0.496 e. The van der Waals surface area contributed by atoms with Crippen molar-refractivity contribution in [3.05, 3.63) is 17.7 Å². The smallest absolute Gasteiger partial charge is 0.267 e. The SMILES string of the molecule is COc1cc(OC)c(CNC(=O)C2=NNC(=O)CC2)c(OC)c1. The molecule has 1 aliphatic rings. The molecule has 0 bridgehead atoms. The van der Waals surface area contributed by atoms with Crippen LogP contribution in [0.2, 0.25) is 0 Å². The van der Waals surface area contributed by atoms with Crippen LogP contribution in [0.25, 0.3) is 0 Å². The van der Waals surface area contributed by atoms with Crippen LogP contribution in [0.1, 0.15) is 18.4 Å². The van der Waals surface area contributed by atoms with Crippen LogP contribution in [0.5, 0.6) is 17.2 Å². The van der Waals surface area contributed by atoms with Crippen molar-refractivity contribution in [2.75, 3.05) is 21.3 Å². The first-order valence-corrected chi connectivity index (χ1v) is 7.01. The molecule has 2 amide bonds. The van der Waals surface area contributed by atoms with Gasteiger partial charge in [-0.25, -0.2) is 5.43 Å². The van der Waals surface area contributed by atoms with Gasteiger partial charge in [0.15, 0.2) is 0 Å². The molecule has 124 valence electrons. The van der Waals surface area contributed by atoms with Crippen molar-refractivity contribution in [3.63, 3.8) is 0 Å². The summed E-state index contributed by atoms with van der Waals surface area (Å²) in [5.74, 6) is 1.14. The molecular weight excluding hydrogens is 302 g/mol. The molecule has 0 spiro atoms. The second kappa shape index (κ2) is 7.48. The van der Waals surface area contributed by atoms with Crippen molar-refractivity contribution in [1.82, 2.24) is 10.7 Å². The summed E-state index contributed by atoms with van der Waals surface area (Å²) in [6.45, 7) is 0.197. The molecule has 0 unspecified atom stereocenters. The molecule has 0 aliphatic carbocycles. The summed E-state index contributed by atoms with van der Waals surface area (Å²) >= 11 is 0. The maximum Gasteiger partial charge on any atom is 0.267 e. The first-order chi connectivity index (χ1) is 11.1. The van der Waals surface area contributed by atoms with Gasteiger partial charge in [-0.2, -0.15) is 5.10 Å². The Kier molecular flexibility index (Phi) is 5.40. The van der Waals surface area contributed by atoms with Gasteiger partial charge in [-0.3, -0.25) is 9.59 Å². The number of methoxy groups -OCH3 is 3. The van der Waals surface area contributed by atoms with E-state index in [4.69, 9.17) is 14.2 Å². The predicted molar refractivity (Wildman–Crippen MR) is 82.8 cm³/mol. The van der Waals surface area contributed by atoms with Gasteiger partial charge in [-0.1, -0.05) is 0 Å². The molecule has 2 rings (SSSR count). The van der Waals surface area contributed by atoms with Crippen molar-refractivity contribution in [2.45, 2.75) is 19.4 Å². The molecule has 8 heteroatoms. The summed E-state index contributed by atoms with van der Waals surface area (Å²) in [6, 6.07) is 3.42. The second-order valence-electron chi connectivity index (χ2n) is 4.79. The monoisotopic (exact) mass is 321 g/mol. The second-order valence-corrected chi connectivity index (χ2v) is 4.79. The molecule has 1 heterocycles. The zero-order valence-electron chi connectivity index (χ0n) is 13.3. The van der Waals surface area contributed by atoms with E-state index in [1.165, 1.54) is 14.2 Å². The molecule has 1 aliphatic heterocycles. The number of benzene rings is 1. The van der Waals surface area contributed by atoms with Gasteiger partial charge < -0.3 is 19.5 Å². The Hall–Kier alpha value is -2.77. The maximum absolute atomic E-state index is 12.1. The molecule has 8 nitrogen and oxygen atoms in total. The van der Waals surface area contributed by atoms with Crippen molar-refractivity contribution < 1.29 is 23.8 Å². The Bertz CT molecular complexity index is 617. The summed E-state index contributed by atoms with van der Waals surface area (Å²) in [6.07, 6.45) is 0.565. The van der Waals surface area contributed by atoms with Crippen LogP contribution in [0, 0.1) is 0 Å². The molecule has 0 fully saturated rings. The molecule has 2 N–H and O–H groups in total. The van der Waals surface area contributed by atoms with Crippen LogP contribution in [0.4, 0.5) is 0 Å². The lowest BCUT2D eigenvalue weighted by atomic mass is 10.1. The van der Waals surface area contributed by atoms with Gasteiger partial charge in [0.1, 0.15) is 23.0 Å². The van der Waals surface area contributed by atoms with Gasteiger partial charge in [0.25, 0.3) is 5.91 Å². The minimum atomic E-state index is -0.343. The number of nitrogens with one attached hydrogen (secondary N) is 2. The number of hydrazone groups is 1. The van der Waals surface area contributed by atoms with Gasteiger partial charge in [0.2, 0.25) is 5.91 Å². The summed E-state index contributed by atoms with van der Waals surface area (Å²) in [4.78, 5) is 23.1. The van der Waals surface area contributed by atoms with E-state index < -0.39 is 0 Å². The molecular formula is C15H19N3O5. The highest BCUT2D eigenvalue weighted by Crippen LogP contribution is 2.33. The normalized spacial score (nSPS) is 13.7. The Morgan fingerprint density at radius 2 is 1.83 bits per heavy atom. The van der Waals surface area contributed by atoms with Gasteiger partial charge in [0, 0.05) is 25.0 Å². The van der Waals surface area contributed by atoms with Gasteiger partial charge >= 0.3 is 0 Å². The zero-order valence-corrected chi connectivity index (χ0v) is 13.3. The lowest BCUT2D eigenvalue weighted by molar-refractivity contribution is -0.121. The van der Waals surface area contributed by atoms with Crippen molar-refractivity contribution >= 4 is 17.5 Å². The highest BCUT2D eigenvalue weighted by atomic mass is 16.5. The van der Waals surface area contributed by atoms with E-state index in [1.807, 2.05) is 0 Å². The molecule has 0 radical (unpaired) electrons. The average Bonchev–Trinajstić information content (AvgIpc) is 2.59. The Morgan fingerprint density at radius 1 is 1.17 bits per heavy atom. The number of ether oxygens (including phenoxy) is 3. The molecule has 1 aromatic rings.